The van der Waals surface area contributed by atoms with Gasteiger partial charge in [-0.2, -0.15) is 0 Å². The summed E-state index contributed by atoms with van der Waals surface area (Å²) in [5, 5.41) is 7.61. The minimum atomic E-state index is -0.526. The number of aromatic nitrogens is 1. The van der Waals surface area contributed by atoms with Gasteiger partial charge in [-0.25, -0.2) is 0 Å². The van der Waals surface area contributed by atoms with Crippen molar-refractivity contribution < 1.29 is 0 Å². The maximum absolute atomic E-state index is 2.47. The summed E-state index contributed by atoms with van der Waals surface area (Å²) in [6.45, 7) is 0. The Hall–Kier alpha value is -7.68. The fraction of sp³-hybridized carbons (Fsp3) is 0.0175. The second-order valence-corrected chi connectivity index (χ2v) is 16.0. The third kappa shape index (κ3) is 4.30. The number of fused-ring (bicyclic) bond motifs is 11. The summed E-state index contributed by atoms with van der Waals surface area (Å²) in [6.07, 6.45) is 0. The van der Waals surface area contributed by atoms with E-state index < -0.39 is 5.41 Å². The van der Waals surface area contributed by atoms with E-state index in [-0.39, 0.29) is 0 Å². The van der Waals surface area contributed by atoms with Crippen molar-refractivity contribution in [2.75, 3.05) is 4.90 Å². The predicted molar refractivity (Wildman–Crippen MR) is 247 cm³/mol. The molecule has 1 unspecified atom stereocenters. The molecule has 11 aromatic rings. The molecule has 274 valence electrons. The lowest BCUT2D eigenvalue weighted by Crippen LogP contribution is -2.36. The van der Waals surface area contributed by atoms with Crippen molar-refractivity contribution in [1.29, 1.82) is 0 Å². The van der Waals surface area contributed by atoms with E-state index in [0.29, 0.717) is 0 Å². The van der Waals surface area contributed by atoms with Gasteiger partial charge in [-0.05, 0) is 115 Å². The molecule has 0 radical (unpaired) electrons. The standard InChI is InChI=1S/C57H36N2/c1-3-18-38(19-4-1)58(40-32-34-54-47(36-40)43-24-9-12-31-52(43)59(54)39-20-5-2-6-21-39)53-35-33-45-42-23-8-11-28-49(42)57(51-30-15-26-46(53)56(45)51)48-27-10-7-22-41(48)44-25-13-16-37-17-14-29-50(57)55(37)44/h1-36H. The van der Waals surface area contributed by atoms with Crippen LogP contribution in [0, 0.1) is 0 Å². The lowest BCUT2D eigenvalue weighted by Gasteiger charge is -2.46. The molecule has 0 amide bonds. The van der Waals surface area contributed by atoms with Gasteiger partial charge in [-0.1, -0.05) is 164 Å². The Morgan fingerprint density at radius 3 is 1.68 bits per heavy atom. The zero-order chi connectivity index (χ0) is 38.7. The van der Waals surface area contributed by atoms with E-state index in [1.54, 1.807) is 0 Å². The average molecular weight is 749 g/mol. The van der Waals surface area contributed by atoms with Gasteiger partial charge in [-0.3, -0.25) is 0 Å². The van der Waals surface area contributed by atoms with Crippen molar-refractivity contribution in [3.8, 4) is 27.9 Å². The Balaban J connectivity index is 1.13. The van der Waals surface area contributed by atoms with Crippen molar-refractivity contribution in [2.45, 2.75) is 5.41 Å². The first-order valence-electron chi connectivity index (χ1n) is 20.5. The molecule has 10 aromatic carbocycles. The Morgan fingerprint density at radius 1 is 0.339 bits per heavy atom. The highest BCUT2D eigenvalue weighted by molar-refractivity contribution is 6.15. The summed E-state index contributed by atoms with van der Waals surface area (Å²) >= 11 is 0. The largest absolute Gasteiger partial charge is 0.310 e. The van der Waals surface area contributed by atoms with E-state index in [4.69, 9.17) is 0 Å². The number of rotatable bonds is 4. The van der Waals surface area contributed by atoms with Crippen LogP contribution in [-0.4, -0.2) is 4.57 Å². The molecule has 1 heterocycles. The van der Waals surface area contributed by atoms with Gasteiger partial charge in [0.05, 0.1) is 22.1 Å². The van der Waals surface area contributed by atoms with Crippen molar-refractivity contribution in [3.05, 3.63) is 241 Å². The highest BCUT2D eigenvalue weighted by Gasteiger charge is 2.48. The number of nitrogens with zero attached hydrogens (tertiary/aromatic N) is 2. The quantitative estimate of drug-likeness (QED) is 0.174. The Kier molecular flexibility index (Phi) is 6.68. The van der Waals surface area contributed by atoms with E-state index in [0.717, 1.165) is 22.7 Å². The average Bonchev–Trinajstić information content (AvgIpc) is 3.64. The molecule has 0 fully saturated rings. The summed E-state index contributed by atoms with van der Waals surface area (Å²) in [4.78, 5) is 2.47. The topological polar surface area (TPSA) is 8.17 Å². The highest BCUT2D eigenvalue weighted by Crippen LogP contribution is 2.61. The van der Waals surface area contributed by atoms with Crippen LogP contribution in [0.1, 0.15) is 22.3 Å². The SMILES string of the molecule is c1ccc(N(c2ccc3c(c2)c2ccccc2n3-c2ccccc2)c2ccc3c4c(cccc24)C2(c4ccccc4-c4cccc5cccc2c45)c2ccccc2-3)cc1. The Morgan fingerprint density at radius 2 is 0.898 bits per heavy atom. The molecule has 0 saturated heterocycles. The third-order valence-corrected chi connectivity index (χ3v) is 13.2. The molecule has 0 saturated carbocycles. The van der Waals surface area contributed by atoms with Crippen LogP contribution >= 0.6 is 0 Å². The summed E-state index contributed by atoms with van der Waals surface area (Å²) in [6, 6.07) is 81.2. The monoisotopic (exact) mass is 748 g/mol. The Labute approximate surface area is 342 Å². The first kappa shape index (κ1) is 32.4. The predicted octanol–water partition coefficient (Wildman–Crippen LogP) is 14.9. The molecule has 0 aliphatic heterocycles. The van der Waals surface area contributed by atoms with Crippen LogP contribution in [0.4, 0.5) is 17.1 Å². The van der Waals surface area contributed by atoms with Crippen LogP contribution < -0.4 is 4.90 Å². The molecule has 1 aromatic heterocycles. The van der Waals surface area contributed by atoms with Gasteiger partial charge in [0.25, 0.3) is 0 Å². The first-order valence-corrected chi connectivity index (χ1v) is 20.5. The van der Waals surface area contributed by atoms with Crippen LogP contribution in [-0.2, 0) is 5.41 Å². The maximum atomic E-state index is 2.47. The second kappa shape index (κ2) is 12.2. The van der Waals surface area contributed by atoms with Crippen LogP contribution in [0.3, 0.4) is 0 Å². The second-order valence-electron chi connectivity index (χ2n) is 16.0. The van der Waals surface area contributed by atoms with Crippen molar-refractivity contribution in [2.24, 2.45) is 0 Å². The molecule has 0 N–H and O–H groups in total. The first-order chi connectivity index (χ1) is 29.3. The van der Waals surface area contributed by atoms with Crippen LogP contribution in [0.5, 0.6) is 0 Å². The molecular weight excluding hydrogens is 713 g/mol. The molecule has 2 aliphatic carbocycles. The molecule has 13 rings (SSSR count). The van der Waals surface area contributed by atoms with Crippen molar-refractivity contribution in [3.63, 3.8) is 0 Å². The number of hydrogen-bond acceptors (Lipinski definition) is 1. The summed E-state index contributed by atoms with van der Waals surface area (Å²) in [5.74, 6) is 0. The Bertz CT molecular complexity index is 3500. The van der Waals surface area contributed by atoms with Crippen LogP contribution in [0.25, 0.3) is 71.3 Å². The smallest absolute Gasteiger partial charge is 0.0725 e. The van der Waals surface area contributed by atoms with Gasteiger partial charge in [0.1, 0.15) is 0 Å². The number of para-hydroxylation sites is 3. The molecule has 2 aliphatic rings. The third-order valence-electron chi connectivity index (χ3n) is 13.2. The molecule has 2 heteroatoms. The zero-order valence-corrected chi connectivity index (χ0v) is 32.2. The van der Waals surface area contributed by atoms with Gasteiger partial charge in [0.2, 0.25) is 0 Å². The maximum Gasteiger partial charge on any atom is 0.0725 e. The van der Waals surface area contributed by atoms with Crippen LogP contribution in [0.2, 0.25) is 0 Å². The lowest BCUT2D eigenvalue weighted by atomic mass is 9.55. The lowest BCUT2D eigenvalue weighted by molar-refractivity contribution is 0.754. The van der Waals surface area contributed by atoms with E-state index in [1.807, 2.05) is 0 Å². The minimum Gasteiger partial charge on any atom is -0.310 e. The normalized spacial score (nSPS) is 14.8. The summed E-state index contributed by atoms with van der Waals surface area (Å²) in [5.41, 5.74) is 16.9. The molecule has 1 atom stereocenters. The van der Waals surface area contributed by atoms with E-state index in [9.17, 15) is 0 Å². The highest BCUT2D eigenvalue weighted by atomic mass is 15.1. The molecular formula is C57H36N2. The fourth-order valence-corrected chi connectivity index (χ4v) is 10.9. The van der Waals surface area contributed by atoms with Crippen molar-refractivity contribution >= 4 is 60.4 Å². The molecule has 0 bridgehead atoms. The summed E-state index contributed by atoms with van der Waals surface area (Å²) in [7, 11) is 0. The van der Waals surface area contributed by atoms with E-state index in [1.165, 1.54) is 87.9 Å². The van der Waals surface area contributed by atoms with Gasteiger partial charge < -0.3 is 9.47 Å². The van der Waals surface area contributed by atoms with Gasteiger partial charge in [0.15, 0.2) is 0 Å². The van der Waals surface area contributed by atoms with Crippen molar-refractivity contribution in [1.82, 2.24) is 4.57 Å². The van der Waals surface area contributed by atoms with Gasteiger partial charge >= 0.3 is 0 Å². The van der Waals surface area contributed by atoms with E-state index in [2.05, 4.69) is 228 Å². The van der Waals surface area contributed by atoms with Crippen LogP contribution in [0.15, 0.2) is 218 Å². The molecule has 1 spiro atoms. The minimum absolute atomic E-state index is 0.526. The summed E-state index contributed by atoms with van der Waals surface area (Å²) < 4.78 is 2.39. The van der Waals surface area contributed by atoms with Gasteiger partial charge in [0, 0.05) is 33.2 Å². The van der Waals surface area contributed by atoms with E-state index >= 15 is 0 Å². The number of anilines is 3. The number of benzene rings is 10. The zero-order valence-electron chi connectivity index (χ0n) is 32.2. The molecule has 59 heavy (non-hydrogen) atoms. The van der Waals surface area contributed by atoms with Gasteiger partial charge in [-0.15, -0.1) is 0 Å². The fourth-order valence-electron chi connectivity index (χ4n) is 10.9. The number of hydrogen-bond donors (Lipinski definition) is 0. The molecule has 2 nitrogen and oxygen atoms in total.